The molecule has 5 rings (SSSR count). The van der Waals surface area contributed by atoms with Gasteiger partial charge in [-0.3, -0.25) is 19.7 Å². The molecule has 38 heavy (non-hydrogen) atoms. The summed E-state index contributed by atoms with van der Waals surface area (Å²) in [4.78, 5) is 25.7. The molecule has 1 saturated heterocycles. The van der Waals surface area contributed by atoms with E-state index in [0.29, 0.717) is 60.8 Å². The molecule has 3 heterocycles. The third kappa shape index (κ3) is 5.51. The molecule has 10 heteroatoms. The summed E-state index contributed by atoms with van der Waals surface area (Å²) in [7, 11) is -2.28. The molecular formula is C28H27FN4O4S. The third-order valence-electron chi connectivity index (χ3n) is 6.63. The van der Waals surface area contributed by atoms with Gasteiger partial charge in [0.25, 0.3) is 5.91 Å². The van der Waals surface area contributed by atoms with Crippen LogP contribution >= 0.6 is 0 Å². The molecule has 0 aliphatic carbocycles. The van der Waals surface area contributed by atoms with Gasteiger partial charge in [0.05, 0.1) is 29.0 Å². The van der Waals surface area contributed by atoms with E-state index in [1.165, 1.54) is 25.4 Å². The van der Waals surface area contributed by atoms with E-state index in [4.69, 9.17) is 4.74 Å². The molecule has 8 nitrogen and oxygen atoms in total. The highest BCUT2D eigenvalue weighted by Gasteiger charge is 2.25. The first kappa shape index (κ1) is 25.7. The summed E-state index contributed by atoms with van der Waals surface area (Å²) in [5.41, 5.74) is 1.96. The Morgan fingerprint density at radius 1 is 0.974 bits per heavy atom. The number of carbonyl (C=O) groups is 1. The van der Waals surface area contributed by atoms with E-state index < -0.39 is 9.84 Å². The van der Waals surface area contributed by atoms with Crippen LogP contribution in [0.3, 0.4) is 0 Å². The number of pyridine rings is 2. The van der Waals surface area contributed by atoms with Crippen molar-refractivity contribution in [2.75, 3.05) is 33.3 Å². The average molecular weight is 535 g/mol. The van der Waals surface area contributed by atoms with E-state index in [-0.39, 0.29) is 22.4 Å². The first-order valence-electron chi connectivity index (χ1n) is 12.2. The molecule has 0 saturated carbocycles. The van der Waals surface area contributed by atoms with Gasteiger partial charge in [-0.05, 0) is 36.4 Å². The predicted molar refractivity (Wildman–Crippen MR) is 141 cm³/mol. The molecule has 0 radical (unpaired) electrons. The van der Waals surface area contributed by atoms with E-state index in [0.717, 1.165) is 5.39 Å². The maximum atomic E-state index is 13.4. The fourth-order valence-electron chi connectivity index (χ4n) is 4.66. The quantitative estimate of drug-likeness (QED) is 0.357. The average Bonchev–Trinajstić information content (AvgIpc) is 2.93. The Morgan fingerprint density at radius 3 is 2.53 bits per heavy atom. The number of carbonyl (C=O) groups excluding carboxylic acids is 1. The van der Waals surface area contributed by atoms with Crippen LogP contribution in [-0.2, 0) is 22.1 Å². The predicted octanol–water partition coefficient (Wildman–Crippen LogP) is 3.71. The Morgan fingerprint density at radius 2 is 1.76 bits per heavy atom. The Bertz CT molecular complexity index is 1580. The van der Waals surface area contributed by atoms with Crippen molar-refractivity contribution < 1.29 is 22.3 Å². The summed E-state index contributed by atoms with van der Waals surface area (Å²) < 4.78 is 45.6. The third-order valence-corrected chi connectivity index (χ3v) is 8.32. The summed E-state index contributed by atoms with van der Waals surface area (Å²) in [5, 5.41) is 0.744. The van der Waals surface area contributed by atoms with Crippen LogP contribution in [0, 0.1) is 5.82 Å². The zero-order chi connectivity index (χ0) is 26.7. The second kappa shape index (κ2) is 10.8. The Labute approximate surface area is 220 Å². The van der Waals surface area contributed by atoms with Crippen molar-refractivity contribution >= 4 is 26.6 Å². The molecule has 0 unspecified atom stereocenters. The number of benzene rings is 2. The number of nitrogens with zero attached hydrogens (tertiary/aromatic N) is 4. The number of para-hydroxylation sites is 1. The van der Waals surface area contributed by atoms with E-state index in [1.54, 1.807) is 47.5 Å². The monoisotopic (exact) mass is 534 g/mol. The van der Waals surface area contributed by atoms with Gasteiger partial charge < -0.3 is 9.64 Å². The number of aromatic nitrogens is 2. The number of methoxy groups -OCH3 is 1. The lowest BCUT2D eigenvalue weighted by Gasteiger charge is -2.34. The van der Waals surface area contributed by atoms with Gasteiger partial charge in [0, 0.05) is 61.6 Å². The first-order valence-corrected chi connectivity index (χ1v) is 13.8. The topological polar surface area (TPSA) is 92.7 Å². The van der Waals surface area contributed by atoms with Crippen LogP contribution in [0.4, 0.5) is 4.39 Å². The number of rotatable bonds is 7. The maximum absolute atomic E-state index is 13.4. The Kier molecular flexibility index (Phi) is 7.35. The fourth-order valence-corrected chi connectivity index (χ4v) is 6.22. The van der Waals surface area contributed by atoms with Crippen molar-refractivity contribution in [1.82, 2.24) is 19.8 Å². The van der Waals surface area contributed by atoms with Crippen LogP contribution in [-0.4, -0.2) is 67.4 Å². The SMILES string of the molecule is COc1cc(C(=O)N2CCN(Cc3cc(F)ccn3)CC2)ccc1CS(=O)(=O)c1cccc2cccnc12. The standard InChI is InChI=1S/C28H27FN4O4S/c1-37-25-16-21(28(34)33-14-12-32(13-15-33)18-24-17-23(29)9-11-30-24)7-8-22(25)19-38(35,36)26-6-2-4-20-5-3-10-31-27(20)26/h2-11,16-17H,12-15,18-19H2,1H3. The summed E-state index contributed by atoms with van der Waals surface area (Å²) in [6, 6.07) is 16.3. The van der Waals surface area contributed by atoms with Crippen LogP contribution in [0.25, 0.3) is 10.9 Å². The Balaban J connectivity index is 1.28. The number of hydrogen-bond donors (Lipinski definition) is 0. The summed E-state index contributed by atoms with van der Waals surface area (Å²) in [6.45, 7) is 2.82. The number of halogens is 1. The Hall–Kier alpha value is -3.89. The van der Waals surface area contributed by atoms with Crippen molar-refractivity contribution in [1.29, 1.82) is 0 Å². The molecule has 1 fully saturated rings. The van der Waals surface area contributed by atoms with Gasteiger partial charge in [0.1, 0.15) is 11.6 Å². The molecule has 0 spiro atoms. The smallest absolute Gasteiger partial charge is 0.254 e. The molecule has 1 aliphatic rings. The number of ether oxygens (including phenoxy) is 1. The largest absolute Gasteiger partial charge is 0.496 e. The second-order valence-corrected chi connectivity index (χ2v) is 11.1. The minimum absolute atomic E-state index is 0.153. The lowest BCUT2D eigenvalue weighted by molar-refractivity contribution is 0.0626. The molecule has 2 aromatic carbocycles. The number of sulfone groups is 1. The maximum Gasteiger partial charge on any atom is 0.254 e. The molecule has 0 atom stereocenters. The summed E-state index contributed by atoms with van der Waals surface area (Å²) in [6.07, 6.45) is 3.02. The first-order chi connectivity index (χ1) is 18.3. The van der Waals surface area contributed by atoms with Crippen LogP contribution in [0.1, 0.15) is 21.6 Å². The normalized spacial score (nSPS) is 14.5. The number of piperazine rings is 1. The molecule has 4 aromatic rings. The molecule has 0 N–H and O–H groups in total. The van der Waals surface area contributed by atoms with E-state index in [2.05, 4.69) is 14.9 Å². The van der Waals surface area contributed by atoms with Gasteiger partial charge in [-0.25, -0.2) is 12.8 Å². The fraction of sp³-hybridized carbons (Fsp3) is 0.250. The summed E-state index contributed by atoms with van der Waals surface area (Å²) in [5.74, 6) is -0.418. The molecular weight excluding hydrogens is 507 g/mol. The molecule has 0 bridgehead atoms. The van der Waals surface area contributed by atoms with Crippen LogP contribution in [0.15, 0.2) is 78.0 Å². The van der Waals surface area contributed by atoms with E-state index in [1.807, 2.05) is 12.1 Å². The van der Waals surface area contributed by atoms with Crippen molar-refractivity contribution in [3.63, 3.8) is 0 Å². The van der Waals surface area contributed by atoms with Crippen LogP contribution in [0.2, 0.25) is 0 Å². The van der Waals surface area contributed by atoms with Crippen molar-refractivity contribution in [3.8, 4) is 5.75 Å². The van der Waals surface area contributed by atoms with Crippen LogP contribution in [0.5, 0.6) is 5.75 Å². The molecule has 196 valence electrons. The van der Waals surface area contributed by atoms with Gasteiger partial charge in [0.15, 0.2) is 9.84 Å². The zero-order valence-corrected chi connectivity index (χ0v) is 21.7. The van der Waals surface area contributed by atoms with Gasteiger partial charge in [0.2, 0.25) is 0 Å². The minimum atomic E-state index is -3.73. The van der Waals surface area contributed by atoms with Gasteiger partial charge in [-0.15, -0.1) is 0 Å². The zero-order valence-electron chi connectivity index (χ0n) is 20.9. The van der Waals surface area contributed by atoms with Crippen molar-refractivity contribution in [3.05, 3.63) is 95.7 Å². The highest BCUT2D eigenvalue weighted by Crippen LogP contribution is 2.29. The lowest BCUT2D eigenvalue weighted by atomic mass is 10.1. The van der Waals surface area contributed by atoms with Gasteiger partial charge in [-0.1, -0.05) is 24.3 Å². The number of hydrogen-bond acceptors (Lipinski definition) is 7. The van der Waals surface area contributed by atoms with Gasteiger partial charge >= 0.3 is 0 Å². The number of fused-ring (bicyclic) bond motifs is 1. The van der Waals surface area contributed by atoms with E-state index >= 15 is 0 Å². The summed E-state index contributed by atoms with van der Waals surface area (Å²) >= 11 is 0. The highest BCUT2D eigenvalue weighted by atomic mass is 32.2. The molecule has 1 amide bonds. The van der Waals surface area contributed by atoms with Crippen LogP contribution < -0.4 is 4.74 Å². The van der Waals surface area contributed by atoms with Gasteiger partial charge in [-0.2, -0.15) is 0 Å². The lowest BCUT2D eigenvalue weighted by Crippen LogP contribution is -2.48. The second-order valence-electron chi connectivity index (χ2n) is 9.15. The van der Waals surface area contributed by atoms with E-state index in [9.17, 15) is 17.6 Å². The van der Waals surface area contributed by atoms with Crippen molar-refractivity contribution in [2.45, 2.75) is 17.2 Å². The minimum Gasteiger partial charge on any atom is -0.496 e. The molecule has 1 aliphatic heterocycles. The number of amides is 1. The van der Waals surface area contributed by atoms with Crippen molar-refractivity contribution in [2.24, 2.45) is 0 Å². The highest BCUT2D eigenvalue weighted by molar-refractivity contribution is 7.90. The molecule has 2 aromatic heterocycles.